The minimum absolute atomic E-state index is 0.0454. The standard InChI is InChI=1S/C12H15N5O7/c13-12(20)14-5-1-2-9(11(18)19)15-8-4-3-7(16(21)22)6-10(8)17(23)24/h3-4,6,9,15H,1-2,5H2,(H,18,19)(H3,13,14,20)/t9-/m1/s1. The number of carbonyl (C=O) groups is 2. The molecule has 1 aromatic rings. The number of urea groups is 1. The van der Waals surface area contributed by atoms with E-state index in [1.807, 2.05) is 0 Å². The number of non-ortho nitro benzene ring substituents is 1. The summed E-state index contributed by atoms with van der Waals surface area (Å²) in [5, 5.41) is 35.6. The first-order chi connectivity index (χ1) is 11.2. The van der Waals surface area contributed by atoms with Crippen LogP contribution in [0.1, 0.15) is 12.8 Å². The van der Waals surface area contributed by atoms with Gasteiger partial charge in [0.15, 0.2) is 0 Å². The lowest BCUT2D eigenvalue weighted by molar-refractivity contribution is -0.393. The highest BCUT2D eigenvalue weighted by Gasteiger charge is 2.24. The maximum Gasteiger partial charge on any atom is 0.326 e. The van der Waals surface area contributed by atoms with Gasteiger partial charge in [-0.2, -0.15) is 0 Å². The summed E-state index contributed by atoms with van der Waals surface area (Å²) < 4.78 is 0. The van der Waals surface area contributed by atoms with Crippen LogP contribution < -0.4 is 16.4 Å². The first-order valence-electron chi connectivity index (χ1n) is 6.68. The third kappa shape index (κ3) is 5.40. The number of aliphatic carboxylic acids is 1. The minimum atomic E-state index is -1.26. The fourth-order valence-corrected chi connectivity index (χ4v) is 1.87. The minimum Gasteiger partial charge on any atom is -0.480 e. The molecular weight excluding hydrogens is 326 g/mol. The van der Waals surface area contributed by atoms with Gasteiger partial charge in [-0.1, -0.05) is 0 Å². The third-order valence-corrected chi connectivity index (χ3v) is 2.99. The number of nitrogens with one attached hydrogen (secondary N) is 2. The normalized spacial score (nSPS) is 11.3. The molecule has 0 saturated carbocycles. The Balaban J connectivity index is 2.89. The third-order valence-electron chi connectivity index (χ3n) is 2.99. The van der Waals surface area contributed by atoms with E-state index in [9.17, 15) is 29.8 Å². The highest BCUT2D eigenvalue weighted by Crippen LogP contribution is 2.29. The lowest BCUT2D eigenvalue weighted by Crippen LogP contribution is -2.33. The molecule has 2 amide bonds. The second kappa shape index (κ2) is 8.26. The zero-order valence-corrected chi connectivity index (χ0v) is 12.3. The van der Waals surface area contributed by atoms with Crippen molar-refractivity contribution in [1.29, 1.82) is 0 Å². The number of anilines is 1. The summed E-state index contributed by atoms with van der Waals surface area (Å²) in [6, 6.07) is 0.924. The van der Waals surface area contributed by atoms with Gasteiger partial charge in [0.1, 0.15) is 11.7 Å². The molecule has 0 spiro atoms. The maximum absolute atomic E-state index is 11.2. The molecule has 5 N–H and O–H groups in total. The van der Waals surface area contributed by atoms with Crippen LogP contribution in [-0.4, -0.2) is 39.5 Å². The predicted molar refractivity (Wildman–Crippen MR) is 81.6 cm³/mol. The van der Waals surface area contributed by atoms with Gasteiger partial charge in [-0.3, -0.25) is 20.2 Å². The van der Waals surface area contributed by atoms with Crippen LogP contribution in [0, 0.1) is 20.2 Å². The van der Waals surface area contributed by atoms with Gasteiger partial charge in [-0.05, 0) is 18.9 Å². The fraction of sp³-hybridized carbons (Fsp3) is 0.333. The van der Waals surface area contributed by atoms with E-state index >= 15 is 0 Å². The van der Waals surface area contributed by atoms with Crippen LogP contribution in [0.15, 0.2) is 18.2 Å². The van der Waals surface area contributed by atoms with E-state index in [0.29, 0.717) is 0 Å². The Morgan fingerprint density at radius 2 is 1.92 bits per heavy atom. The van der Waals surface area contributed by atoms with Gasteiger partial charge in [0.25, 0.3) is 11.4 Å². The molecule has 1 atom stereocenters. The van der Waals surface area contributed by atoms with Crippen molar-refractivity contribution in [3.63, 3.8) is 0 Å². The summed E-state index contributed by atoms with van der Waals surface area (Å²) in [6.07, 6.45) is 0.303. The second-order valence-electron chi connectivity index (χ2n) is 4.68. The van der Waals surface area contributed by atoms with Crippen LogP contribution in [0.5, 0.6) is 0 Å². The van der Waals surface area contributed by atoms with E-state index in [1.54, 1.807) is 0 Å². The first kappa shape index (κ1) is 18.6. The molecule has 12 nitrogen and oxygen atoms in total. The molecular formula is C12H15N5O7. The summed E-state index contributed by atoms with van der Waals surface area (Å²) in [7, 11) is 0. The summed E-state index contributed by atoms with van der Waals surface area (Å²) in [6.45, 7) is 0.142. The fourth-order valence-electron chi connectivity index (χ4n) is 1.87. The number of hydrogen-bond acceptors (Lipinski definition) is 7. The molecule has 0 bridgehead atoms. The Hall–Kier alpha value is -3.44. The Bertz CT molecular complexity index is 663. The molecule has 1 aromatic carbocycles. The highest BCUT2D eigenvalue weighted by atomic mass is 16.6. The van der Waals surface area contributed by atoms with Gasteiger partial charge in [0, 0.05) is 12.6 Å². The van der Waals surface area contributed by atoms with Crippen molar-refractivity contribution in [3.05, 3.63) is 38.4 Å². The molecule has 0 aromatic heterocycles. The molecule has 130 valence electrons. The SMILES string of the molecule is NC(=O)NCCC[C@@H](Nc1ccc([N+](=O)[O-])cc1[N+](=O)[O-])C(=O)O. The van der Waals surface area contributed by atoms with Crippen molar-refractivity contribution < 1.29 is 24.5 Å². The molecule has 0 radical (unpaired) electrons. The van der Waals surface area contributed by atoms with Crippen LogP contribution >= 0.6 is 0 Å². The summed E-state index contributed by atoms with van der Waals surface area (Å²) in [4.78, 5) is 41.8. The van der Waals surface area contributed by atoms with Gasteiger partial charge in [-0.25, -0.2) is 9.59 Å². The molecule has 0 aliphatic heterocycles. The Kier molecular flexibility index (Phi) is 6.40. The molecule has 0 saturated heterocycles. The number of carbonyl (C=O) groups excluding carboxylic acids is 1. The van der Waals surface area contributed by atoms with Crippen molar-refractivity contribution in [2.45, 2.75) is 18.9 Å². The van der Waals surface area contributed by atoms with Crippen molar-refractivity contribution in [3.8, 4) is 0 Å². The van der Waals surface area contributed by atoms with Crippen LogP contribution in [0.4, 0.5) is 21.9 Å². The van der Waals surface area contributed by atoms with E-state index in [2.05, 4.69) is 10.6 Å². The van der Waals surface area contributed by atoms with E-state index in [4.69, 9.17) is 10.8 Å². The molecule has 0 aliphatic carbocycles. The van der Waals surface area contributed by atoms with Crippen LogP contribution in [0.3, 0.4) is 0 Å². The zero-order valence-electron chi connectivity index (χ0n) is 12.3. The number of hydrogen-bond donors (Lipinski definition) is 4. The lowest BCUT2D eigenvalue weighted by Gasteiger charge is -2.15. The average molecular weight is 341 g/mol. The van der Waals surface area contributed by atoms with Gasteiger partial charge in [-0.15, -0.1) is 0 Å². The summed E-state index contributed by atoms with van der Waals surface area (Å²) >= 11 is 0. The van der Waals surface area contributed by atoms with E-state index in [1.165, 1.54) is 0 Å². The van der Waals surface area contributed by atoms with Crippen LogP contribution in [-0.2, 0) is 4.79 Å². The second-order valence-corrected chi connectivity index (χ2v) is 4.68. The smallest absolute Gasteiger partial charge is 0.326 e. The number of nitro groups is 2. The van der Waals surface area contributed by atoms with E-state index < -0.39 is 39.3 Å². The molecule has 0 heterocycles. The number of nitrogens with two attached hydrogens (primary N) is 1. The topological polar surface area (TPSA) is 191 Å². The zero-order chi connectivity index (χ0) is 18.3. The number of rotatable bonds is 9. The molecule has 12 heteroatoms. The average Bonchev–Trinajstić information content (AvgIpc) is 2.49. The number of nitrogens with zero attached hydrogens (tertiary/aromatic N) is 2. The van der Waals surface area contributed by atoms with Crippen LogP contribution in [0.25, 0.3) is 0 Å². The Labute approximate surface area is 134 Å². The van der Waals surface area contributed by atoms with Crippen LogP contribution in [0.2, 0.25) is 0 Å². The van der Waals surface area contributed by atoms with Gasteiger partial charge >= 0.3 is 12.0 Å². The quantitative estimate of drug-likeness (QED) is 0.288. The summed E-state index contributed by atoms with van der Waals surface area (Å²) in [5.41, 5.74) is 3.63. The van der Waals surface area contributed by atoms with E-state index in [-0.39, 0.29) is 25.1 Å². The van der Waals surface area contributed by atoms with Gasteiger partial charge < -0.3 is 21.5 Å². The lowest BCUT2D eigenvalue weighted by atomic mass is 10.1. The Morgan fingerprint density at radius 1 is 1.25 bits per heavy atom. The number of nitro benzene ring substituents is 2. The number of carboxylic acids is 1. The Morgan fingerprint density at radius 3 is 2.42 bits per heavy atom. The number of carboxylic acid groups (broad SMARTS) is 1. The maximum atomic E-state index is 11.2. The first-order valence-corrected chi connectivity index (χ1v) is 6.68. The number of benzene rings is 1. The van der Waals surface area contributed by atoms with Gasteiger partial charge in [0.2, 0.25) is 0 Å². The monoisotopic (exact) mass is 341 g/mol. The van der Waals surface area contributed by atoms with E-state index in [0.717, 1.165) is 18.2 Å². The molecule has 0 aliphatic rings. The number of amides is 2. The number of primary amides is 1. The predicted octanol–water partition coefficient (Wildman–Crippen LogP) is 0.817. The molecule has 24 heavy (non-hydrogen) atoms. The van der Waals surface area contributed by atoms with Crippen molar-refractivity contribution >= 4 is 29.1 Å². The molecule has 0 unspecified atom stereocenters. The van der Waals surface area contributed by atoms with Crippen molar-refractivity contribution in [1.82, 2.24) is 5.32 Å². The van der Waals surface area contributed by atoms with Crippen molar-refractivity contribution in [2.24, 2.45) is 5.73 Å². The summed E-state index contributed by atoms with van der Waals surface area (Å²) in [5.74, 6) is -1.26. The largest absolute Gasteiger partial charge is 0.480 e. The molecule has 1 rings (SSSR count). The highest BCUT2D eigenvalue weighted by molar-refractivity contribution is 5.79. The van der Waals surface area contributed by atoms with Crippen molar-refractivity contribution in [2.75, 3.05) is 11.9 Å². The molecule has 0 fully saturated rings. The van der Waals surface area contributed by atoms with Gasteiger partial charge in [0.05, 0.1) is 15.9 Å².